The van der Waals surface area contributed by atoms with Crippen molar-refractivity contribution in [2.45, 2.75) is 0 Å². The molecule has 2 rings (SSSR count). The zero-order chi connectivity index (χ0) is 11.5. The zero-order valence-corrected chi connectivity index (χ0v) is 8.10. The lowest BCUT2D eigenvalue weighted by Gasteiger charge is -2.00. The highest BCUT2D eigenvalue weighted by molar-refractivity contribution is 5.90. The van der Waals surface area contributed by atoms with Crippen LogP contribution in [0, 0.1) is 12.3 Å². The molecule has 1 aromatic heterocycles. The molecule has 16 heavy (non-hydrogen) atoms. The Kier molecular flexibility index (Phi) is 2.44. The number of carbonyl (C=O) groups excluding carboxylic acids is 1. The van der Waals surface area contributed by atoms with Gasteiger partial charge in [0.1, 0.15) is 11.3 Å². The molecule has 0 bridgehead atoms. The molecule has 0 N–H and O–H groups in total. The van der Waals surface area contributed by atoms with Crippen LogP contribution in [0.4, 0.5) is 0 Å². The summed E-state index contributed by atoms with van der Waals surface area (Å²) in [5.74, 6) is 1.27. The molecule has 0 spiro atoms. The molecule has 0 aliphatic rings. The second kappa shape index (κ2) is 3.91. The Hall–Kier alpha value is -2.54. The zero-order valence-electron chi connectivity index (χ0n) is 8.10. The standard InChI is InChI=1S/C12H6O4/c1-2-11(13)15-9-5-3-8-4-6-12(14)16-10(8)7-9/h1,3-7H. The Morgan fingerprint density at radius 2 is 2.06 bits per heavy atom. The Bertz CT molecular complexity index is 646. The number of esters is 1. The van der Waals surface area contributed by atoms with Crippen LogP contribution in [0.25, 0.3) is 11.0 Å². The average Bonchev–Trinajstić information content (AvgIpc) is 2.28. The number of carbonyl (C=O) groups is 1. The van der Waals surface area contributed by atoms with Crippen LogP contribution in [0.15, 0.2) is 39.5 Å². The van der Waals surface area contributed by atoms with Gasteiger partial charge in [-0.2, -0.15) is 0 Å². The molecule has 0 aliphatic carbocycles. The Morgan fingerprint density at radius 1 is 1.31 bits per heavy atom. The summed E-state index contributed by atoms with van der Waals surface area (Å²) in [6, 6.07) is 7.60. The van der Waals surface area contributed by atoms with Crippen LogP contribution in [0.1, 0.15) is 0 Å². The summed E-state index contributed by atoms with van der Waals surface area (Å²) in [6.45, 7) is 0. The van der Waals surface area contributed by atoms with Crippen LogP contribution in [0.2, 0.25) is 0 Å². The van der Waals surface area contributed by atoms with Crippen LogP contribution in [-0.2, 0) is 4.79 Å². The van der Waals surface area contributed by atoms with E-state index in [2.05, 4.69) is 0 Å². The van der Waals surface area contributed by atoms with Crippen LogP contribution >= 0.6 is 0 Å². The van der Waals surface area contributed by atoms with Crippen molar-refractivity contribution < 1.29 is 13.9 Å². The van der Waals surface area contributed by atoms with E-state index in [1.54, 1.807) is 18.2 Å². The van der Waals surface area contributed by atoms with Crippen LogP contribution in [0.5, 0.6) is 5.75 Å². The molecule has 0 atom stereocenters. The summed E-state index contributed by atoms with van der Waals surface area (Å²) in [4.78, 5) is 21.8. The molecule has 1 aromatic carbocycles. The van der Waals surface area contributed by atoms with Crippen molar-refractivity contribution in [3.8, 4) is 18.1 Å². The van der Waals surface area contributed by atoms with Gasteiger partial charge in [0.15, 0.2) is 0 Å². The van der Waals surface area contributed by atoms with E-state index in [0.29, 0.717) is 5.58 Å². The molecule has 0 saturated carbocycles. The summed E-state index contributed by atoms with van der Waals surface area (Å²) in [5, 5.41) is 0.736. The number of terminal acetylenes is 1. The predicted molar refractivity (Wildman–Crippen MR) is 57.0 cm³/mol. The molecule has 0 aliphatic heterocycles. The highest BCUT2D eigenvalue weighted by Gasteiger charge is 2.03. The van der Waals surface area contributed by atoms with E-state index in [1.807, 2.05) is 5.92 Å². The smallest absolute Gasteiger partial charge is 0.389 e. The third-order valence-corrected chi connectivity index (χ3v) is 1.92. The van der Waals surface area contributed by atoms with Crippen molar-refractivity contribution in [2.75, 3.05) is 0 Å². The lowest BCUT2D eigenvalue weighted by molar-refractivity contribution is -0.128. The van der Waals surface area contributed by atoms with Gasteiger partial charge in [0.05, 0.1) is 0 Å². The predicted octanol–water partition coefficient (Wildman–Crippen LogP) is 1.33. The van der Waals surface area contributed by atoms with Crippen molar-refractivity contribution >= 4 is 16.9 Å². The van der Waals surface area contributed by atoms with Gasteiger partial charge >= 0.3 is 11.6 Å². The molecule has 4 heteroatoms. The molecule has 2 aromatic rings. The lowest BCUT2D eigenvalue weighted by Crippen LogP contribution is -2.03. The summed E-state index contributed by atoms with van der Waals surface area (Å²) in [5.41, 5.74) is -0.122. The quantitative estimate of drug-likeness (QED) is 0.236. The molecule has 0 unspecified atom stereocenters. The van der Waals surface area contributed by atoms with E-state index in [0.717, 1.165) is 5.39 Å². The average molecular weight is 214 g/mol. The number of benzene rings is 1. The molecule has 1 heterocycles. The van der Waals surface area contributed by atoms with Crippen molar-refractivity contribution in [2.24, 2.45) is 0 Å². The molecule has 0 saturated heterocycles. The minimum absolute atomic E-state index is 0.241. The van der Waals surface area contributed by atoms with Gasteiger partial charge in [0.2, 0.25) is 0 Å². The molecular weight excluding hydrogens is 208 g/mol. The van der Waals surface area contributed by atoms with E-state index >= 15 is 0 Å². The molecular formula is C12H6O4. The Labute approximate surface area is 90.4 Å². The Balaban J connectivity index is 2.47. The minimum atomic E-state index is -0.794. The highest BCUT2D eigenvalue weighted by Crippen LogP contribution is 2.19. The van der Waals surface area contributed by atoms with Gasteiger partial charge in [-0.3, -0.25) is 0 Å². The largest absolute Gasteiger partial charge is 0.423 e. The first-order valence-corrected chi connectivity index (χ1v) is 4.41. The summed E-state index contributed by atoms with van der Waals surface area (Å²) >= 11 is 0. The number of rotatable bonds is 1. The summed E-state index contributed by atoms with van der Waals surface area (Å²) in [7, 11) is 0. The SMILES string of the molecule is C#CC(=O)Oc1ccc2ccc(=O)oc2c1. The Morgan fingerprint density at radius 3 is 2.81 bits per heavy atom. The molecule has 78 valence electrons. The highest BCUT2D eigenvalue weighted by atomic mass is 16.5. The van der Waals surface area contributed by atoms with Crippen molar-refractivity contribution in [1.82, 2.24) is 0 Å². The third kappa shape index (κ3) is 1.93. The van der Waals surface area contributed by atoms with Crippen LogP contribution in [0.3, 0.4) is 0 Å². The molecule has 0 radical (unpaired) electrons. The van der Waals surface area contributed by atoms with Crippen LogP contribution in [-0.4, -0.2) is 5.97 Å². The maximum atomic E-state index is 11.0. The van der Waals surface area contributed by atoms with Gasteiger partial charge in [-0.1, -0.05) is 0 Å². The first-order valence-electron chi connectivity index (χ1n) is 4.41. The summed E-state index contributed by atoms with van der Waals surface area (Å²) in [6.07, 6.45) is 4.86. The van der Waals surface area contributed by atoms with Gasteiger partial charge in [-0.25, -0.2) is 9.59 Å². The number of hydrogen-bond donors (Lipinski definition) is 0. The van der Waals surface area contributed by atoms with E-state index in [4.69, 9.17) is 15.6 Å². The fraction of sp³-hybridized carbons (Fsp3) is 0. The first kappa shape index (κ1) is 9.99. The van der Waals surface area contributed by atoms with Crippen LogP contribution < -0.4 is 10.4 Å². The van der Waals surface area contributed by atoms with E-state index in [-0.39, 0.29) is 5.75 Å². The number of hydrogen-bond acceptors (Lipinski definition) is 4. The maximum Gasteiger partial charge on any atom is 0.389 e. The van der Waals surface area contributed by atoms with E-state index < -0.39 is 11.6 Å². The fourth-order valence-electron chi connectivity index (χ4n) is 1.24. The lowest BCUT2D eigenvalue weighted by atomic mass is 10.2. The number of ether oxygens (including phenoxy) is 1. The topological polar surface area (TPSA) is 56.5 Å². The van der Waals surface area contributed by atoms with Gasteiger partial charge in [0, 0.05) is 23.4 Å². The van der Waals surface area contributed by atoms with E-state index in [1.165, 1.54) is 12.1 Å². The normalized spacial score (nSPS) is 9.69. The molecule has 0 amide bonds. The van der Waals surface area contributed by atoms with Crippen molar-refractivity contribution in [1.29, 1.82) is 0 Å². The van der Waals surface area contributed by atoms with Gasteiger partial charge in [-0.15, -0.1) is 6.42 Å². The monoisotopic (exact) mass is 214 g/mol. The fourth-order valence-corrected chi connectivity index (χ4v) is 1.24. The van der Waals surface area contributed by atoms with Crippen molar-refractivity contribution in [3.63, 3.8) is 0 Å². The second-order valence-corrected chi connectivity index (χ2v) is 2.99. The third-order valence-electron chi connectivity index (χ3n) is 1.92. The minimum Gasteiger partial charge on any atom is -0.423 e. The van der Waals surface area contributed by atoms with E-state index in [9.17, 15) is 9.59 Å². The molecule has 0 fully saturated rings. The first-order chi connectivity index (χ1) is 7.69. The molecule has 4 nitrogen and oxygen atoms in total. The number of fused-ring (bicyclic) bond motifs is 1. The van der Waals surface area contributed by atoms with Gasteiger partial charge < -0.3 is 9.15 Å². The maximum absolute atomic E-state index is 11.0. The van der Waals surface area contributed by atoms with Gasteiger partial charge in [-0.05, 0) is 18.2 Å². The second-order valence-electron chi connectivity index (χ2n) is 2.99. The van der Waals surface area contributed by atoms with Crippen molar-refractivity contribution in [3.05, 3.63) is 40.8 Å². The van der Waals surface area contributed by atoms with Gasteiger partial charge in [0.25, 0.3) is 0 Å². The summed E-state index contributed by atoms with van der Waals surface area (Å²) < 4.78 is 9.69.